The molecular weight excluding hydrogens is 304 g/mol. The Balaban J connectivity index is 2.66. The third-order valence-corrected chi connectivity index (χ3v) is 4.55. The van der Waals surface area contributed by atoms with Gasteiger partial charge in [-0.15, -0.1) is 0 Å². The fourth-order valence-electron chi connectivity index (χ4n) is 1.94. The quantitative estimate of drug-likeness (QED) is 0.812. The van der Waals surface area contributed by atoms with E-state index < -0.39 is 16.1 Å². The maximum atomic E-state index is 12.0. The number of hydrogen-bond acceptors (Lipinski definition) is 5. The van der Waals surface area contributed by atoms with Gasteiger partial charge in [0.25, 0.3) is 10.0 Å². The first kappa shape index (κ1) is 18.4. The highest BCUT2D eigenvalue weighted by Gasteiger charge is 2.20. The van der Waals surface area contributed by atoms with Crippen molar-refractivity contribution in [3.63, 3.8) is 0 Å². The SMILES string of the molecule is Cc1ccc(S(=O)(=O)NC(=O)OCN(C(C)C)C(C)C)cc1. The van der Waals surface area contributed by atoms with Crippen molar-refractivity contribution >= 4 is 16.1 Å². The summed E-state index contributed by atoms with van der Waals surface area (Å²) in [7, 11) is -3.91. The minimum atomic E-state index is -3.91. The number of nitrogens with one attached hydrogen (secondary N) is 1. The molecular formula is C15H24N2O4S. The van der Waals surface area contributed by atoms with Crippen LogP contribution in [0.5, 0.6) is 0 Å². The van der Waals surface area contributed by atoms with Crippen molar-refractivity contribution in [2.75, 3.05) is 6.73 Å². The predicted molar refractivity (Wildman–Crippen MR) is 85.0 cm³/mol. The molecule has 0 spiro atoms. The van der Waals surface area contributed by atoms with Crippen LogP contribution in [-0.2, 0) is 14.8 Å². The van der Waals surface area contributed by atoms with Gasteiger partial charge in [-0.3, -0.25) is 4.90 Å². The minimum absolute atomic E-state index is 0.0274. The van der Waals surface area contributed by atoms with Crippen LogP contribution in [-0.4, -0.2) is 38.2 Å². The van der Waals surface area contributed by atoms with E-state index in [9.17, 15) is 13.2 Å². The monoisotopic (exact) mass is 328 g/mol. The molecule has 1 amide bonds. The molecule has 0 aliphatic heterocycles. The number of carbonyl (C=O) groups is 1. The average Bonchev–Trinajstić information content (AvgIpc) is 2.37. The molecule has 0 atom stereocenters. The summed E-state index contributed by atoms with van der Waals surface area (Å²) in [6, 6.07) is 6.58. The third kappa shape index (κ3) is 5.31. The normalized spacial score (nSPS) is 12.0. The molecule has 124 valence electrons. The molecule has 0 unspecified atom stereocenters. The number of amides is 1. The topological polar surface area (TPSA) is 75.7 Å². The van der Waals surface area contributed by atoms with E-state index in [1.165, 1.54) is 12.1 Å². The van der Waals surface area contributed by atoms with E-state index in [2.05, 4.69) is 0 Å². The van der Waals surface area contributed by atoms with Crippen LogP contribution < -0.4 is 4.72 Å². The first-order chi connectivity index (χ1) is 10.1. The summed E-state index contributed by atoms with van der Waals surface area (Å²) in [5.41, 5.74) is 0.936. The van der Waals surface area contributed by atoms with E-state index >= 15 is 0 Å². The maximum Gasteiger partial charge on any atom is 0.422 e. The van der Waals surface area contributed by atoms with E-state index in [0.717, 1.165) is 5.56 Å². The highest BCUT2D eigenvalue weighted by molar-refractivity contribution is 7.90. The van der Waals surface area contributed by atoms with Gasteiger partial charge in [0.1, 0.15) is 6.73 Å². The third-order valence-electron chi connectivity index (χ3n) is 3.22. The van der Waals surface area contributed by atoms with Crippen molar-refractivity contribution in [3.05, 3.63) is 29.8 Å². The first-order valence-corrected chi connectivity index (χ1v) is 8.64. The summed E-state index contributed by atoms with van der Waals surface area (Å²) in [6.07, 6.45) is -0.980. The maximum absolute atomic E-state index is 12.0. The Kier molecular flexibility index (Phi) is 6.37. The molecule has 0 aliphatic rings. The largest absolute Gasteiger partial charge is 0.433 e. The number of aryl methyl sites for hydroxylation is 1. The highest BCUT2D eigenvalue weighted by Crippen LogP contribution is 2.10. The Labute approximate surface area is 132 Å². The van der Waals surface area contributed by atoms with Crippen LogP contribution in [0.4, 0.5) is 4.79 Å². The van der Waals surface area contributed by atoms with E-state index in [1.807, 2.05) is 44.2 Å². The second-order valence-electron chi connectivity index (χ2n) is 5.68. The number of rotatable bonds is 6. The van der Waals surface area contributed by atoms with Gasteiger partial charge in [0.05, 0.1) is 4.90 Å². The number of benzene rings is 1. The molecule has 0 heterocycles. The molecule has 7 heteroatoms. The van der Waals surface area contributed by atoms with Gasteiger partial charge in [-0.25, -0.2) is 17.9 Å². The molecule has 22 heavy (non-hydrogen) atoms. The fraction of sp³-hybridized carbons (Fsp3) is 0.533. The van der Waals surface area contributed by atoms with Crippen molar-refractivity contribution in [3.8, 4) is 0 Å². The van der Waals surface area contributed by atoms with Gasteiger partial charge < -0.3 is 4.74 Å². The lowest BCUT2D eigenvalue weighted by atomic mass is 10.2. The molecule has 0 aliphatic carbocycles. The Morgan fingerprint density at radius 3 is 2.09 bits per heavy atom. The number of nitrogens with zero attached hydrogens (tertiary/aromatic N) is 1. The van der Waals surface area contributed by atoms with E-state index in [4.69, 9.17) is 4.74 Å². The molecule has 0 aromatic heterocycles. The summed E-state index contributed by atoms with van der Waals surface area (Å²) in [5.74, 6) is 0. The second-order valence-corrected chi connectivity index (χ2v) is 7.36. The van der Waals surface area contributed by atoms with Crippen molar-refractivity contribution in [2.45, 2.75) is 51.6 Å². The second kappa shape index (κ2) is 7.60. The van der Waals surface area contributed by atoms with Gasteiger partial charge in [-0.1, -0.05) is 17.7 Å². The molecule has 0 bridgehead atoms. The Bertz CT molecular complexity index is 586. The molecule has 0 radical (unpaired) electrons. The van der Waals surface area contributed by atoms with Crippen LogP contribution in [0, 0.1) is 6.92 Å². The van der Waals surface area contributed by atoms with Gasteiger partial charge >= 0.3 is 6.09 Å². The zero-order valence-corrected chi connectivity index (χ0v) is 14.5. The first-order valence-electron chi connectivity index (χ1n) is 7.15. The average molecular weight is 328 g/mol. The number of hydrogen-bond donors (Lipinski definition) is 1. The Morgan fingerprint density at radius 2 is 1.64 bits per heavy atom. The number of ether oxygens (including phenoxy) is 1. The molecule has 0 saturated carbocycles. The summed E-state index contributed by atoms with van der Waals surface area (Å²) in [5, 5.41) is 0. The van der Waals surface area contributed by atoms with Gasteiger partial charge in [0.2, 0.25) is 0 Å². The van der Waals surface area contributed by atoms with Crippen LogP contribution in [0.15, 0.2) is 29.2 Å². The van der Waals surface area contributed by atoms with Gasteiger partial charge in [-0.05, 0) is 46.8 Å². The van der Waals surface area contributed by atoms with Gasteiger partial charge in [0, 0.05) is 12.1 Å². The van der Waals surface area contributed by atoms with Crippen LogP contribution in [0.3, 0.4) is 0 Å². The van der Waals surface area contributed by atoms with Crippen molar-refractivity contribution in [1.82, 2.24) is 9.62 Å². The van der Waals surface area contributed by atoms with Crippen LogP contribution in [0.1, 0.15) is 33.3 Å². The Morgan fingerprint density at radius 1 is 1.14 bits per heavy atom. The summed E-state index contributed by atoms with van der Waals surface area (Å²) in [6.45, 7) is 9.79. The summed E-state index contributed by atoms with van der Waals surface area (Å²) in [4.78, 5) is 13.7. The van der Waals surface area contributed by atoms with Crippen LogP contribution >= 0.6 is 0 Å². The molecule has 6 nitrogen and oxygen atoms in total. The lowest BCUT2D eigenvalue weighted by molar-refractivity contribution is 0.0348. The number of sulfonamides is 1. The molecule has 0 saturated heterocycles. The smallest absolute Gasteiger partial charge is 0.422 e. The molecule has 0 fully saturated rings. The highest BCUT2D eigenvalue weighted by atomic mass is 32.2. The lowest BCUT2D eigenvalue weighted by Gasteiger charge is -2.29. The zero-order valence-electron chi connectivity index (χ0n) is 13.7. The molecule has 1 aromatic rings. The number of carbonyl (C=O) groups excluding carboxylic acids is 1. The zero-order chi connectivity index (χ0) is 16.9. The van der Waals surface area contributed by atoms with Crippen LogP contribution in [0.2, 0.25) is 0 Å². The predicted octanol–water partition coefficient (Wildman–Crippen LogP) is 2.49. The lowest BCUT2D eigenvalue weighted by Crippen LogP contribution is -2.41. The van der Waals surface area contributed by atoms with Gasteiger partial charge in [0.15, 0.2) is 0 Å². The van der Waals surface area contributed by atoms with E-state index in [1.54, 1.807) is 12.1 Å². The van der Waals surface area contributed by atoms with Crippen LogP contribution in [0.25, 0.3) is 0 Å². The van der Waals surface area contributed by atoms with Crippen molar-refractivity contribution < 1.29 is 17.9 Å². The van der Waals surface area contributed by atoms with Gasteiger partial charge in [-0.2, -0.15) is 0 Å². The van der Waals surface area contributed by atoms with Crippen molar-refractivity contribution in [1.29, 1.82) is 0 Å². The molecule has 1 aromatic carbocycles. The van der Waals surface area contributed by atoms with Crippen molar-refractivity contribution in [2.24, 2.45) is 0 Å². The minimum Gasteiger partial charge on any atom is -0.433 e. The Hall–Kier alpha value is -1.60. The molecule has 1 rings (SSSR count). The summed E-state index contributed by atoms with van der Waals surface area (Å²) < 4.78 is 31.0. The fourth-order valence-corrected chi connectivity index (χ4v) is 2.83. The molecule has 1 N–H and O–H groups in total. The standard InChI is InChI=1S/C15H24N2O4S/c1-11(2)17(12(3)4)10-21-15(18)16-22(19,20)14-8-6-13(5)7-9-14/h6-9,11-12H,10H2,1-5H3,(H,16,18). The van der Waals surface area contributed by atoms with E-state index in [-0.39, 0.29) is 23.7 Å². The summed E-state index contributed by atoms with van der Waals surface area (Å²) >= 11 is 0. The van der Waals surface area contributed by atoms with E-state index in [0.29, 0.717) is 0 Å².